The lowest BCUT2D eigenvalue weighted by Gasteiger charge is -2.49. The Morgan fingerprint density at radius 2 is 2.14 bits per heavy atom. The minimum absolute atomic E-state index is 0.0888. The van der Waals surface area contributed by atoms with E-state index in [9.17, 15) is 14.4 Å². The van der Waals surface area contributed by atoms with Crippen LogP contribution in [0.5, 0.6) is 5.75 Å². The van der Waals surface area contributed by atoms with E-state index in [2.05, 4.69) is 27.9 Å². The van der Waals surface area contributed by atoms with Gasteiger partial charge in [0.2, 0.25) is 6.41 Å². The fourth-order valence-corrected chi connectivity index (χ4v) is 4.56. The van der Waals surface area contributed by atoms with E-state index in [1.807, 2.05) is 24.3 Å². The Hall–Kier alpha value is -2.01. The Balaban J connectivity index is 1.78. The molecule has 1 N–H and O–H groups in total. The fraction of sp³-hybridized carbons (Fsp3) is 0.316. The number of carbonyl (C=O) groups excluding carboxylic acids is 3. The standard InChI is InChI=1S/C19H19IN2O5S/c1-26-14-6-4-12(5-7-14)9-27-19(25)16-13(3-2-8-20)10-28-18-15(21-11-23)17(24)22(16)18/h2-7,11,15,18H,8-10H2,1H3,(H,21,23)/b3-2+/t15-,18-/m1/s1. The van der Waals surface area contributed by atoms with Gasteiger partial charge < -0.3 is 14.8 Å². The smallest absolute Gasteiger partial charge is 0.355 e. The maximum Gasteiger partial charge on any atom is 0.355 e. The Labute approximate surface area is 180 Å². The second-order valence-electron chi connectivity index (χ2n) is 6.03. The van der Waals surface area contributed by atoms with Crippen molar-refractivity contribution in [2.75, 3.05) is 17.3 Å². The molecule has 2 aliphatic heterocycles. The first-order valence-electron chi connectivity index (χ1n) is 8.50. The molecule has 28 heavy (non-hydrogen) atoms. The predicted molar refractivity (Wildman–Crippen MR) is 114 cm³/mol. The molecule has 1 saturated heterocycles. The number of alkyl halides is 1. The topological polar surface area (TPSA) is 84.9 Å². The molecule has 0 spiro atoms. The van der Waals surface area contributed by atoms with Crippen molar-refractivity contribution in [1.82, 2.24) is 10.2 Å². The molecular formula is C19H19IN2O5S. The van der Waals surface area contributed by atoms with Gasteiger partial charge in [0, 0.05) is 10.2 Å². The summed E-state index contributed by atoms with van der Waals surface area (Å²) < 4.78 is 11.4. The molecule has 9 heteroatoms. The van der Waals surface area contributed by atoms with E-state index >= 15 is 0 Å². The van der Waals surface area contributed by atoms with E-state index in [4.69, 9.17) is 9.47 Å². The number of fused-ring (bicyclic) bond motifs is 1. The normalized spacial score (nSPS) is 21.2. The lowest BCUT2D eigenvalue weighted by molar-refractivity contribution is -0.152. The van der Waals surface area contributed by atoms with Gasteiger partial charge in [-0.15, -0.1) is 11.8 Å². The van der Waals surface area contributed by atoms with Crippen molar-refractivity contribution < 1.29 is 23.9 Å². The molecular weight excluding hydrogens is 495 g/mol. The van der Waals surface area contributed by atoms with Gasteiger partial charge in [0.05, 0.1) is 7.11 Å². The Morgan fingerprint density at radius 3 is 2.79 bits per heavy atom. The number of rotatable bonds is 8. The summed E-state index contributed by atoms with van der Waals surface area (Å²) in [5.41, 5.74) is 1.82. The van der Waals surface area contributed by atoms with Crippen LogP contribution in [0.1, 0.15) is 5.56 Å². The van der Waals surface area contributed by atoms with E-state index in [-0.39, 0.29) is 23.6 Å². The quantitative estimate of drug-likeness (QED) is 0.188. The van der Waals surface area contributed by atoms with E-state index in [0.717, 1.165) is 21.3 Å². The molecule has 2 atom stereocenters. The van der Waals surface area contributed by atoms with E-state index in [0.29, 0.717) is 12.2 Å². The maximum atomic E-state index is 12.8. The average Bonchev–Trinajstić information content (AvgIpc) is 2.73. The Morgan fingerprint density at radius 1 is 1.39 bits per heavy atom. The fourth-order valence-electron chi connectivity index (χ4n) is 2.98. The Bertz CT molecular complexity index is 824. The molecule has 0 aliphatic carbocycles. The molecule has 3 rings (SSSR count). The minimum Gasteiger partial charge on any atom is -0.497 e. The number of methoxy groups -OCH3 is 1. The van der Waals surface area contributed by atoms with Crippen LogP contribution < -0.4 is 10.1 Å². The zero-order valence-electron chi connectivity index (χ0n) is 15.1. The summed E-state index contributed by atoms with van der Waals surface area (Å²) in [6.07, 6.45) is 4.30. The van der Waals surface area contributed by atoms with Crippen molar-refractivity contribution in [3.63, 3.8) is 0 Å². The summed E-state index contributed by atoms with van der Waals surface area (Å²) in [5.74, 6) is 0.426. The minimum atomic E-state index is -0.609. The van der Waals surface area contributed by atoms with Crippen LogP contribution in [0.2, 0.25) is 0 Å². The summed E-state index contributed by atoms with van der Waals surface area (Å²) in [6.45, 7) is 0.0888. The molecule has 0 radical (unpaired) electrons. The van der Waals surface area contributed by atoms with Gasteiger partial charge in [-0.2, -0.15) is 0 Å². The molecule has 2 aliphatic rings. The third-order valence-corrected chi connectivity index (χ3v) is 6.19. The van der Waals surface area contributed by atoms with Crippen molar-refractivity contribution in [3.8, 4) is 5.75 Å². The molecule has 2 amide bonds. The highest BCUT2D eigenvalue weighted by Gasteiger charge is 2.53. The zero-order chi connectivity index (χ0) is 20.1. The summed E-state index contributed by atoms with van der Waals surface area (Å²) in [6, 6.07) is 6.60. The molecule has 1 aromatic rings. The van der Waals surface area contributed by atoms with Crippen LogP contribution in [0.15, 0.2) is 47.7 Å². The summed E-state index contributed by atoms with van der Waals surface area (Å²) in [5, 5.41) is 2.23. The van der Waals surface area contributed by atoms with Crippen molar-refractivity contribution in [1.29, 1.82) is 0 Å². The summed E-state index contributed by atoms with van der Waals surface area (Å²) >= 11 is 3.72. The van der Waals surface area contributed by atoms with Crippen molar-refractivity contribution in [2.24, 2.45) is 0 Å². The van der Waals surface area contributed by atoms with Crippen LogP contribution in [0, 0.1) is 0 Å². The number of nitrogens with zero attached hydrogens (tertiary/aromatic N) is 1. The molecule has 0 aromatic heterocycles. The number of esters is 1. The van der Waals surface area contributed by atoms with Gasteiger partial charge in [-0.05, 0) is 23.3 Å². The van der Waals surface area contributed by atoms with Gasteiger partial charge in [0.15, 0.2) is 0 Å². The molecule has 1 aromatic carbocycles. The first-order valence-corrected chi connectivity index (χ1v) is 11.1. The molecule has 148 valence electrons. The molecule has 0 unspecified atom stereocenters. The monoisotopic (exact) mass is 514 g/mol. The van der Waals surface area contributed by atoms with Gasteiger partial charge >= 0.3 is 5.97 Å². The maximum absolute atomic E-state index is 12.8. The number of hydrogen-bond donors (Lipinski definition) is 1. The molecule has 1 fully saturated rings. The van der Waals surface area contributed by atoms with Crippen LogP contribution in [0.25, 0.3) is 0 Å². The lowest BCUT2D eigenvalue weighted by Crippen LogP contribution is -2.69. The lowest BCUT2D eigenvalue weighted by atomic mass is 10.0. The van der Waals surface area contributed by atoms with Crippen molar-refractivity contribution in [3.05, 3.63) is 53.3 Å². The molecule has 2 heterocycles. The summed E-state index contributed by atoms with van der Waals surface area (Å²) in [7, 11) is 1.58. The molecule has 0 saturated carbocycles. The number of allylic oxidation sites excluding steroid dienone is 2. The zero-order valence-corrected chi connectivity index (χ0v) is 18.1. The number of benzene rings is 1. The highest BCUT2D eigenvalue weighted by atomic mass is 127. The van der Waals surface area contributed by atoms with E-state index in [1.165, 1.54) is 16.7 Å². The summed E-state index contributed by atoms with van der Waals surface area (Å²) in [4.78, 5) is 37.5. The highest BCUT2D eigenvalue weighted by Crippen LogP contribution is 2.41. The number of ether oxygens (including phenoxy) is 2. The third kappa shape index (κ3) is 4.19. The molecule has 7 nitrogen and oxygen atoms in total. The Kier molecular flexibility index (Phi) is 7.00. The second-order valence-corrected chi connectivity index (χ2v) is 8.01. The van der Waals surface area contributed by atoms with Crippen LogP contribution in [0.4, 0.5) is 0 Å². The van der Waals surface area contributed by atoms with Crippen molar-refractivity contribution >= 4 is 52.6 Å². The third-order valence-electron chi connectivity index (χ3n) is 4.38. The number of halogens is 1. The van der Waals surface area contributed by atoms with Gasteiger partial charge in [-0.25, -0.2) is 4.79 Å². The van der Waals surface area contributed by atoms with Crippen LogP contribution >= 0.6 is 34.4 Å². The SMILES string of the molecule is COc1ccc(COC(=O)C2=C(/C=C/CI)CS[C@@H]3[C@H](NC=O)C(=O)N23)cc1. The van der Waals surface area contributed by atoms with Gasteiger partial charge in [0.25, 0.3) is 5.91 Å². The second kappa shape index (κ2) is 9.46. The number of β-lactam (4-membered cyclic amide) rings is 1. The number of nitrogens with one attached hydrogen (secondary N) is 1. The number of amides is 2. The predicted octanol–water partition coefficient (Wildman–Crippen LogP) is 2.01. The first kappa shape index (κ1) is 20.7. The van der Waals surface area contributed by atoms with Gasteiger partial charge in [-0.3, -0.25) is 14.5 Å². The molecule has 0 bridgehead atoms. The highest BCUT2D eigenvalue weighted by molar-refractivity contribution is 14.1. The van der Waals surface area contributed by atoms with E-state index < -0.39 is 12.0 Å². The number of hydrogen-bond acceptors (Lipinski definition) is 6. The first-order chi connectivity index (χ1) is 13.6. The largest absolute Gasteiger partial charge is 0.497 e. The van der Waals surface area contributed by atoms with Crippen LogP contribution in [-0.4, -0.2) is 51.9 Å². The van der Waals surface area contributed by atoms with Gasteiger partial charge in [0.1, 0.15) is 29.5 Å². The van der Waals surface area contributed by atoms with Gasteiger partial charge in [-0.1, -0.05) is 46.9 Å². The average molecular weight is 514 g/mol. The van der Waals surface area contributed by atoms with Crippen LogP contribution in [-0.2, 0) is 25.7 Å². The van der Waals surface area contributed by atoms with E-state index in [1.54, 1.807) is 19.2 Å². The van der Waals surface area contributed by atoms with Crippen molar-refractivity contribution in [2.45, 2.75) is 18.0 Å². The number of thioether (sulfide) groups is 1. The number of carbonyl (C=O) groups is 3. The van der Waals surface area contributed by atoms with Crippen LogP contribution in [0.3, 0.4) is 0 Å².